The Labute approximate surface area is 116 Å². The van der Waals surface area contributed by atoms with Crippen molar-refractivity contribution in [3.05, 3.63) is 41.2 Å². The lowest BCUT2D eigenvalue weighted by Crippen LogP contribution is -2.33. The molecule has 1 amide bonds. The van der Waals surface area contributed by atoms with Gasteiger partial charge in [-0.1, -0.05) is 42.8 Å². The zero-order chi connectivity index (χ0) is 13.8. The topological polar surface area (TPSA) is 65.8 Å². The molecule has 0 saturated carbocycles. The Morgan fingerprint density at radius 1 is 1.53 bits per heavy atom. The first-order valence-corrected chi connectivity index (χ1v) is 6.29. The summed E-state index contributed by atoms with van der Waals surface area (Å²) < 4.78 is 0. The number of halogens is 1. The molecule has 0 aliphatic carbocycles. The van der Waals surface area contributed by atoms with Crippen LogP contribution in [0.25, 0.3) is 10.8 Å². The van der Waals surface area contributed by atoms with E-state index in [-0.39, 0.29) is 16.8 Å². The third-order valence-corrected chi connectivity index (χ3v) is 3.08. The molecule has 1 N–H and O–H groups in total. The largest absolute Gasteiger partial charge is 0.335 e. The number of rotatable bonds is 3. The number of nitriles is 1. The van der Waals surface area contributed by atoms with Gasteiger partial charge in [0.1, 0.15) is 16.9 Å². The monoisotopic (exact) mass is 273 g/mol. The molecule has 1 atom stereocenters. The second-order valence-electron chi connectivity index (χ2n) is 4.08. The molecule has 5 heteroatoms. The van der Waals surface area contributed by atoms with E-state index in [1.807, 2.05) is 37.3 Å². The summed E-state index contributed by atoms with van der Waals surface area (Å²) in [6.07, 6.45) is 0.545. The number of amides is 1. The average Bonchev–Trinajstić information content (AvgIpc) is 2.44. The predicted molar refractivity (Wildman–Crippen MR) is 73.9 cm³/mol. The first-order chi connectivity index (χ1) is 9.15. The molecule has 2 rings (SSSR count). The lowest BCUT2D eigenvalue weighted by atomic mass is 10.1. The molecule has 96 valence electrons. The van der Waals surface area contributed by atoms with Gasteiger partial charge in [-0.2, -0.15) is 5.26 Å². The fourth-order valence-corrected chi connectivity index (χ4v) is 1.99. The molecule has 0 spiro atoms. The molecular weight excluding hydrogens is 262 g/mol. The van der Waals surface area contributed by atoms with E-state index < -0.39 is 6.04 Å². The van der Waals surface area contributed by atoms with Crippen LogP contribution in [0.1, 0.15) is 23.8 Å². The van der Waals surface area contributed by atoms with Gasteiger partial charge in [-0.05, 0) is 17.9 Å². The number of hydrogen-bond donors (Lipinski definition) is 1. The van der Waals surface area contributed by atoms with Crippen molar-refractivity contribution in [1.82, 2.24) is 10.3 Å². The molecular formula is C14H12ClN3O. The minimum atomic E-state index is -0.514. The van der Waals surface area contributed by atoms with Crippen molar-refractivity contribution in [2.24, 2.45) is 0 Å². The van der Waals surface area contributed by atoms with Gasteiger partial charge < -0.3 is 5.32 Å². The van der Waals surface area contributed by atoms with Crippen molar-refractivity contribution in [2.75, 3.05) is 0 Å². The maximum Gasteiger partial charge on any atom is 0.270 e. The van der Waals surface area contributed by atoms with Gasteiger partial charge in [0.2, 0.25) is 0 Å². The van der Waals surface area contributed by atoms with Gasteiger partial charge in [-0.15, -0.1) is 0 Å². The second kappa shape index (κ2) is 5.68. The van der Waals surface area contributed by atoms with Crippen molar-refractivity contribution in [2.45, 2.75) is 19.4 Å². The Bertz CT molecular complexity index is 663. The Hall–Kier alpha value is -2.12. The van der Waals surface area contributed by atoms with E-state index in [2.05, 4.69) is 10.3 Å². The van der Waals surface area contributed by atoms with Gasteiger partial charge in [-0.25, -0.2) is 4.98 Å². The van der Waals surface area contributed by atoms with Crippen LogP contribution in [0.5, 0.6) is 0 Å². The van der Waals surface area contributed by atoms with Gasteiger partial charge in [0.25, 0.3) is 5.91 Å². The van der Waals surface area contributed by atoms with Gasteiger partial charge in [0, 0.05) is 5.39 Å². The lowest BCUT2D eigenvalue weighted by Gasteiger charge is -2.09. The number of benzene rings is 1. The minimum absolute atomic E-state index is 0.220. The van der Waals surface area contributed by atoms with Gasteiger partial charge >= 0.3 is 0 Å². The first kappa shape index (κ1) is 13.3. The summed E-state index contributed by atoms with van der Waals surface area (Å²) in [4.78, 5) is 16.1. The zero-order valence-electron chi connectivity index (χ0n) is 10.4. The standard InChI is InChI=1S/C14H12ClN3O/c1-2-10(8-16)17-14(19)12-7-9-5-3-4-6-11(9)13(15)18-12/h3-7,10H,2H2,1H3,(H,17,19). The number of carbonyl (C=O) groups is 1. The average molecular weight is 274 g/mol. The van der Waals surface area contributed by atoms with Crippen LogP contribution in [0.3, 0.4) is 0 Å². The number of aromatic nitrogens is 1. The summed E-state index contributed by atoms with van der Waals surface area (Å²) in [7, 11) is 0. The number of nitrogens with zero attached hydrogens (tertiary/aromatic N) is 2. The molecule has 0 fully saturated rings. The van der Waals surface area contributed by atoms with Crippen molar-refractivity contribution < 1.29 is 4.79 Å². The predicted octanol–water partition coefficient (Wildman–Crippen LogP) is 2.92. The number of pyridine rings is 1. The summed E-state index contributed by atoms with van der Waals surface area (Å²) in [6, 6.07) is 10.6. The van der Waals surface area contributed by atoms with Crippen LogP contribution in [-0.4, -0.2) is 16.9 Å². The number of carbonyl (C=O) groups excluding carboxylic acids is 1. The van der Waals surface area contributed by atoms with E-state index >= 15 is 0 Å². The highest BCUT2D eigenvalue weighted by Gasteiger charge is 2.14. The fraction of sp³-hybridized carbons (Fsp3) is 0.214. The van der Waals surface area contributed by atoms with E-state index in [9.17, 15) is 4.79 Å². The Balaban J connectivity index is 2.36. The summed E-state index contributed by atoms with van der Waals surface area (Å²) in [5.41, 5.74) is 0.220. The van der Waals surface area contributed by atoms with E-state index in [0.29, 0.717) is 6.42 Å². The van der Waals surface area contributed by atoms with Gasteiger partial charge in [0.05, 0.1) is 6.07 Å². The maximum absolute atomic E-state index is 12.0. The van der Waals surface area contributed by atoms with Crippen LogP contribution in [-0.2, 0) is 0 Å². The molecule has 1 unspecified atom stereocenters. The molecule has 0 aliphatic heterocycles. The van der Waals surface area contributed by atoms with Crippen molar-refractivity contribution >= 4 is 28.3 Å². The third-order valence-electron chi connectivity index (χ3n) is 2.80. The zero-order valence-corrected chi connectivity index (χ0v) is 11.1. The highest BCUT2D eigenvalue weighted by atomic mass is 35.5. The highest BCUT2D eigenvalue weighted by Crippen LogP contribution is 2.22. The third kappa shape index (κ3) is 2.83. The Kier molecular flexibility index (Phi) is 3.98. The van der Waals surface area contributed by atoms with Crippen molar-refractivity contribution in [1.29, 1.82) is 5.26 Å². The molecule has 2 aromatic rings. The SMILES string of the molecule is CCC(C#N)NC(=O)c1cc2ccccc2c(Cl)n1. The molecule has 19 heavy (non-hydrogen) atoms. The number of nitrogens with one attached hydrogen (secondary N) is 1. The summed E-state index contributed by atoms with van der Waals surface area (Å²) >= 11 is 6.05. The molecule has 4 nitrogen and oxygen atoms in total. The number of hydrogen-bond acceptors (Lipinski definition) is 3. The molecule has 1 aromatic heterocycles. The quantitative estimate of drug-likeness (QED) is 0.875. The number of fused-ring (bicyclic) bond motifs is 1. The Morgan fingerprint density at radius 2 is 2.26 bits per heavy atom. The maximum atomic E-state index is 12.0. The van der Waals surface area contributed by atoms with E-state index in [1.165, 1.54) is 0 Å². The molecule has 0 saturated heterocycles. The van der Waals surface area contributed by atoms with Crippen LogP contribution in [0, 0.1) is 11.3 Å². The van der Waals surface area contributed by atoms with E-state index in [4.69, 9.17) is 16.9 Å². The molecule has 0 aliphatic rings. The van der Waals surface area contributed by atoms with Crippen LogP contribution in [0.4, 0.5) is 0 Å². The summed E-state index contributed by atoms with van der Waals surface area (Å²) in [6.45, 7) is 1.83. The highest BCUT2D eigenvalue weighted by molar-refractivity contribution is 6.34. The summed E-state index contributed by atoms with van der Waals surface area (Å²) in [5, 5.41) is 13.4. The fourth-order valence-electron chi connectivity index (χ4n) is 1.73. The minimum Gasteiger partial charge on any atom is -0.335 e. The molecule has 0 bridgehead atoms. The first-order valence-electron chi connectivity index (χ1n) is 5.91. The molecule has 0 radical (unpaired) electrons. The van der Waals surface area contributed by atoms with E-state index in [1.54, 1.807) is 6.07 Å². The van der Waals surface area contributed by atoms with Crippen LogP contribution >= 0.6 is 11.6 Å². The van der Waals surface area contributed by atoms with Crippen molar-refractivity contribution in [3.8, 4) is 6.07 Å². The molecule has 1 heterocycles. The smallest absolute Gasteiger partial charge is 0.270 e. The van der Waals surface area contributed by atoms with Crippen LogP contribution in [0.2, 0.25) is 5.15 Å². The van der Waals surface area contributed by atoms with E-state index in [0.717, 1.165) is 10.8 Å². The Morgan fingerprint density at radius 3 is 2.95 bits per heavy atom. The summed E-state index contributed by atoms with van der Waals surface area (Å²) in [5.74, 6) is -0.388. The van der Waals surface area contributed by atoms with Gasteiger partial charge in [-0.3, -0.25) is 4.79 Å². The van der Waals surface area contributed by atoms with Crippen molar-refractivity contribution in [3.63, 3.8) is 0 Å². The van der Waals surface area contributed by atoms with Crippen LogP contribution in [0.15, 0.2) is 30.3 Å². The lowest BCUT2D eigenvalue weighted by molar-refractivity contribution is 0.0940. The molecule has 1 aromatic carbocycles. The van der Waals surface area contributed by atoms with Crippen LogP contribution < -0.4 is 5.32 Å². The second-order valence-corrected chi connectivity index (χ2v) is 4.44. The van der Waals surface area contributed by atoms with Gasteiger partial charge in [0.15, 0.2) is 0 Å². The normalized spacial score (nSPS) is 11.8.